The predicted molar refractivity (Wildman–Crippen MR) is 136 cm³/mol. The van der Waals surface area contributed by atoms with Crippen molar-refractivity contribution >= 4 is 11.9 Å². The molecule has 2 bridgehead atoms. The molecule has 184 valence electrons. The zero-order valence-corrected chi connectivity index (χ0v) is 20.2. The molecule has 3 aromatic rings. The highest BCUT2D eigenvalue weighted by Gasteiger charge is 2.46. The van der Waals surface area contributed by atoms with Crippen molar-refractivity contribution in [1.82, 2.24) is 4.90 Å². The summed E-state index contributed by atoms with van der Waals surface area (Å²) in [7, 11) is 0. The molecule has 2 fully saturated rings. The van der Waals surface area contributed by atoms with Crippen LogP contribution in [-0.4, -0.2) is 35.5 Å². The van der Waals surface area contributed by atoms with Crippen LogP contribution in [0.1, 0.15) is 54.7 Å². The molecule has 5 heteroatoms. The van der Waals surface area contributed by atoms with Crippen LogP contribution < -0.4 is 0 Å². The largest absolute Gasteiger partial charge is 0.448 e. The minimum Gasteiger partial charge on any atom is -0.448 e. The van der Waals surface area contributed by atoms with Gasteiger partial charge in [0.2, 0.25) is 0 Å². The number of ketones is 1. The summed E-state index contributed by atoms with van der Waals surface area (Å²) in [5, 5.41) is 0. The molecule has 4 nitrogen and oxygen atoms in total. The number of fused-ring (bicyclic) bond motifs is 5. The number of rotatable bonds is 6. The lowest BCUT2D eigenvalue weighted by atomic mass is 9.85. The maximum Gasteiger partial charge on any atom is 0.410 e. The molecule has 2 saturated heterocycles. The first-order chi connectivity index (χ1) is 17.6. The van der Waals surface area contributed by atoms with Gasteiger partial charge in [0.15, 0.2) is 0 Å². The highest BCUT2D eigenvalue weighted by atomic mass is 19.1. The molecule has 3 aromatic carbocycles. The number of piperidine rings is 1. The topological polar surface area (TPSA) is 46.6 Å². The van der Waals surface area contributed by atoms with Gasteiger partial charge in [-0.05, 0) is 72.1 Å². The van der Waals surface area contributed by atoms with Crippen LogP contribution in [0.25, 0.3) is 11.1 Å². The summed E-state index contributed by atoms with van der Waals surface area (Å²) in [5.41, 5.74) is 5.83. The van der Waals surface area contributed by atoms with Gasteiger partial charge in [-0.2, -0.15) is 0 Å². The average molecular weight is 484 g/mol. The summed E-state index contributed by atoms with van der Waals surface area (Å²) in [5.74, 6) is 0.0239. The SMILES string of the molecule is O=C(CCc1ccc(F)cc1)C1CC2CCC(C1)N2C(=O)OCC1c2ccccc2-c2ccccc21. The molecule has 1 aliphatic carbocycles. The number of carbonyl (C=O) groups excluding carboxylic acids is 2. The van der Waals surface area contributed by atoms with Crippen molar-refractivity contribution in [3.8, 4) is 11.1 Å². The number of benzene rings is 3. The second kappa shape index (κ2) is 9.53. The van der Waals surface area contributed by atoms with Gasteiger partial charge in [-0.15, -0.1) is 0 Å². The summed E-state index contributed by atoms with van der Waals surface area (Å²) in [6, 6.07) is 23.2. The number of hydrogen-bond acceptors (Lipinski definition) is 3. The Bertz CT molecular complexity index is 1230. The minimum atomic E-state index is -0.262. The molecule has 2 heterocycles. The minimum absolute atomic E-state index is 0.0133. The summed E-state index contributed by atoms with van der Waals surface area (Å²) < 4.78 is 19.1. The third kappa shape index (κ3) is 4.21. The van der Waals surface area contributed by atoms with Crippen molar-refractivity contribution in [3.05, 3.63) is 95.3 Å². The molecule has 6 rings (SSSR count). The van der Waals surface area contributed by atoms with E-state index in [1.54, 1.807) is 12.1 Å². The van der Waals surface area contributed by atoms with Crippen LogP contribution in [0.15, 0.2) is 72.8 Å². The van der Waals surface area contributed by atoms with E-state index < -0.39 is 0 Å². The Morgan fingerprint density at radius 3 is 2.03 bits per heavy atom. The fourth-order valence-corrected chi connectivity index (χ4v) is 6.53. The van der Waals surface area contributed by atoms with Gasteiger partial charge in [0.25, 0.3) is 0 Å². The number of Topliss-reactive ketones (excluding diaryl/α,β-unsaturated/α-hetero) is 1. The van der Waals surface area contributed by atoms with E-state index >= 15 is 0 Å². The van der Waals surface area contributed by atoms with Gasteiger partial charge in [0.05, 0.1) is 0 Å². The third-order valence-corrected chi connectivity index (χ3v) is 8.31. The lowest BCUT2D eigenvalue weighted by molar-refractivity contribution is -0.125. The molecule has 0 radical (unpaired) electrons. The Morgan fingerprint density at radius 2 is 1.42 bits per heavy atom. The lowest BCUT2D eigenvalue weighted by Gasteiger charge is -2.37. The van der Waals surface area contributed by atoms with Crippen LogP contribution in [-0.2, 0) is 16.0 Å². The fraction of sp³-hybridized carbons (Fsp3) is 0.355. The van der Waals surface area contributed by atoms with Crippen molar-refractivity contribution in [2.24, 2.45) is 5.92 Å². The number of hydrogen-bond donors (Lipinski definition) is 0. The number of halogens is 1. The van der Waals surface area contributed by atoms with Crippen LogP contribution in [0, 0.1) is 11.7 Å². The Balaban J connectivity index is 1.07. The monoisotopic (exact) mass is 483 g/mol. The van der Waals surface area contributed by atoms with E-state index in [-0.39, 0.29) is 41.6 Å². The molecule has 2 aliphatic heterocycles. The van der Waals surface area contributed by atoms with E-state index in [1.807, 2.05) is 29.2 Å². The number of ether oxygens (including phenoxy) is 1. The van der Waals surface area contributed by atoms with Gasteiger partial charge >= 0.3 is 6.09 Å². The van der Waals surface area contributed by atoms with Crippen molar-refractivity contribution in [3.63, 3.8) is 0 Å². The molecule has 3 aliphatic rings. The van der Waals surface area contributed by atoms with Gasteiger partial charge in [-0.1, -0.05) is 60.7 Å². The van der Waals surface area contributed by atoms with E-state index in [9.17, 15) is 14.0 Å². The lowest BCUT2D eigenvalue weighted by Crippen LogP contribution is -2.48. The Morgan fingerprint density at radius 1 is 0.833 bits per heavy atom. The second-order valence-corrected chi connectivity index (χ2v) is 10.4. The van der Waals surface area contributed by atoms with Crippen LogP contribution in [0.4, 0.5) is 9.18 Å². The van der Waals surface area contributed by atoms with Crippen molar-refractivity contribution < 1.29 is 18.7 Å². The molecule has 36 heavy (non-hydrogen) atoms. The van der Waals surface area contributed by atoms with E-state index in [0.29, 0.717) is 32.3 Å². The van der Waals surface area contributed by atoms with E-state index in [2.05, 4.69) is 24.3 Å². The highest BCUT2D eigenvalue weighted by molar-refractivity contribution is 5.82. The molecule has 0 saturated carbocycles. The van der Waals surface area contributed by atoms with Gasteiger partial charge in [0.1, 0.15) is 18.2 Å². The molecule has 0 N–H and O–H groups in total. The first-order valence-electron chi connectivity index (χ1n) is 13.0. The summed E-state index contributed by atoms with van der Waals surface area (Å²) in [4.78, 5) is 28.1. The van der Waals surface area contributed by atoms with Gasteiger partial charge in [-0.25, -0.2) is 9.18 Å². The Hall–Kier alpha value is -3.47. The number of carbonyl (C=O) groups is 2. The number of nitrogens with zero attached hydrogens (tertiary/aromatic N) is 1. The van der Waals surface area contributed by atoms with E-state index in [0.717, 1.165) is 18.4 Å². The van der Waals surface area contributed by atoms with Crippen LogP contribution in [0.3, 0.4) is 0 Å². The van der Waals surface area contributed by atoms with Crippen LogP contribution >= 0.6 is 0 Å². The molecular formula is C31H30FNO3. The smallest absolute Gasteiger partial charge is 0.410 e. The Kier molecular flexibility index (Phi) is 6.08. The quantitative estimate of drug-likeness (QED) is 0.401. The second-order valence-electron chi connectivity index (χ2n) is 10.4. The van der Waals surface area contributed by atoms with Crippen LogP contribution in [0.5, 0.6) is 0 Å². The maximum atomic E-state index is 13.2. The molecule has 0 spiro atoms. The van der Waals surface area contributed by atoms with Gasteiger partial charge in [-0.3, -0.25) is 4.79 Å². The summed E-state index contributed by atoms with van der Waals surface area (Å²) in [6.07, 6.45) is 4.11. The third-order valence-electron chi connectivity index (χ3n) is 8.31. The van der Waals surface area contributed by atoms with Crippen molar-refractivity contribution in [1.29, 1.82) is 0 Å². The Labute approximate surface area is 211 Å². The molecule has 1 amide bonds. The van der Waals surface area contributed by atoms with Crippen LogP contribution in [0.2, 0.25) is 0 Å². The van der Waals surface area contributed by atoms with Crippen molar-refractivity contribution in [2.75, 3.05) is 6.61 Å². The predicted octanol–water partition coefficient (Wildman–Crippen LogP) is 6.52. The van der Waals surface area contributed by atoms with Gasteiger partial charge in [0, 0.05) is 30.3 Å². The summed E-state index contributed by atoms with van der Waals surface area (Å²) in [6.45, 7) is 0.322. The zero-order chi connectivity index (χ0) is 24.6. The molecule has 2 atom stereocenters. The maximum absolute atomic E-state index is 13.2. The normalized spacial score (nSPS) is 22.2. The van der Waals surface area contributed by atoms with Gasteiger partial charge < -0.3 is 9.64 Å². The number of aryl methyl sites for hydroxylation is 1. The average Bonchev–Trinajstić information content (AvgIpc) is 3.37. The van der Waals surface area contributed by atoms with Crippen molar-refractivity contribution in [2.45, 2.75) is 56.5 Å². The molecular weight excluding hydrogens is 453 g/mol. The standard InChI is InChI=1S/C31H30FNO3/c32-22-12-9-20(10-13-22)11-16-30(34)21-17-23-14-15-24(18-21)33(23)31(35)36-19-29-27-7-3-1-5-25(27)26-6-2-4-8-28(26)29/h1-10,12-13,21,23-24,29H,11,14-19H2. The number of amides is 1. The van der Waals surface area contributed by atoms with E-state index in [4.69, 9.17) is 4.74 Å². The first-order valence-corrected chi connectivity index (χ1v) is 13.0. The summed E-state index contributed by atoms with van der Waals surface area (Å²) >= 11 is 0. The fourth-order valence-electron chi connectivity index (χ4n) is 6.53. The molecule has 2 unspecified atom stereocenters. The van der Waals surface area contributed by atoms with E-state index in [1.165, 1.54) is 34.4 Å². The first kappa shape index (κ1) is 23.0. The zero-order valence-electron chi connectivity index (χ0n) is 20.2. The molecule has 0 aromatic heterocycles. The highest BCUT2D eigenvalue weighted by Crippen LogP contribution is 2.45.